The molecule has 8 heteroatoms. The van der Waals surface area contributed by atoms with Gasteiger partial charge in [-0.1, -0.05) is 146 Å². The maximum atomic E-state index is 6.90. The van der Waals surface area contributed by atoms with Crippen LogP contribution in [0.2, 0.25) is 0 Å². The van der Waals surface area contributed by atoms with Crippen molar-refractivity contribution in [1.29, 1.82) is 0 Å². The van der Waals surface area contributed by atoms with Gasteiger partial charge in [0.25, 0.3) is 0 Å². The molecule has 0 fully saturated rings. The molecule has 0 unspecified atom stereocenters. The van der Waals surface area contributed by atoms with E-state index in [1.165, 1.54) is 0 Å². The van der Waals surface area contributed by atoms with Gasteiger partial charge in [0.1, 0.15) is 0 Å². The summed E-state index contributed by atoms with van der Waals surface area (Å²) in [6, 6.07) is 122. The molecule has 0 N–H and O–H groups in total. The zero-order valence-electron chi connectivity index (χ0n) is 50.8. The highest BCUT2D eigenvalue weighted by Gasteiger charge is 2.31. The van der Waals surface area contributed by atoms with E-state index in [1.54, 1.807) is 0 Å². The van der Waals surface area contributed by atoms with Gasteiger partial charge in [-0.3, -0.25) is 0 Å². The Morgan fingerprint density at radius 2 is 0.532 bits per heavy atom. The molecule has 0 bridgehead atoms. The number of hydrogen-bond acceptors (Lipinski definition) is 6. The third-order valence-corrected chi connectivity index (χ3v) is 18.7. The SMILES string of the molecule is c1ccc(N(c2ccccc2)c2ccc(-n3c4ccccc4c4cc5c(cc43)N(c3ccc4cc6cc(N7c8ccccc8Oc8cc9c%10ccccc%10n(-c%10ccc(N(c%11ccccc%11)c%11ccccc%11)cc%10)c9cc87)ccc6cc4c3)c3ccccc3O5)cc2)cc1. The summed E-state index contributed by atoms with van der Waals surface area (Å²) in [5.74, 6) is 3.21. The Morgan fingerprint density at radius 1 is 0.202 bits per heavy atom. The van der Waals surface area contributed by atoms with E-state index in [1.807, 2.05) is 0 Å². The third-order valence-electron chi connectivity index (χ3n) is 18.7. The lowest BCUT2D eigenvalue weighted by Crippen LogP contribution is -2.16. The summed E-state index contributed by atoms with van der Waals surface area (Å²) in [6.45, 7) is 0. The van der Waals surface area contributed by atoms with E-state index in [0.717, 1.165) is 168 Å². The molecule has 0 saturated carbocycles. The maximum absolute atomic E-state index is 6.90. The Bertz CT molecular complexity index is 5370. The molecule has 0 radical (unpaired) electrons. The lowest BCUT2D eigenvalue weighted by atomic mass is 10.0. The van der Waals surface area contributed by atoms with Crippen LogP contribution in [0.5, 0.6) is 23.0 Å². The van der Waals surface area contributed by atoms with Crippen molar-refractivity contribution in [3.05, 3.63) is 340 Å². The molecule has 0 aliphatic carbocycles. The van der Waals surface area contributed by atoms with E-state index in [0.29, 0.717) is 0 Å². The fraction of sp³-hybridized carbons (Fsp3) is 0. The molecule has 15 aromatic carbocycles. The molecule has 17 aromatic rings. The summed E-state index contributed by atoms with van der Waals surface area (Å²) in [4.78, 5) is 9.34. The smallest absolute Gasteiger partial charge is 0.152 e. The maximum Gasteiger partial charge on any atom is 0.152 e. The van der Waals surface area contributed by atoms with Crippen LogP contribution < -0.4 is 29.1 Å². The highest BCUT2D eigenvalue weighted by Crippen LogP contribution is 2.56. The Hall–Kier alpha value is -12.8. The summed E-state index contributed by atoms with van der Waals surface area (Å²) in [5.41, 5.74) is 19.0. The number of ether oxygens (including phenoxy) is 2. The van der Waals surface area contributed by atoms with Crippen molar-refractivity contribution in [3.63, 3.8) is 0 Å². The number of aromatic nitrogens is 2. The molecule has 19 rings (SSSR count). The fourth-order valence-corrected chi connectivity index (χ4v) is 14.5. The molecule has 2 aliphatic rings. The minimum Gasteiger partial charge on any atom is -0.453 e. The van der Waals surface area contributed by atoms with Gasteiger partial charge < -0.3 is 38.2 Å². The van der Waals surface area contributed by atoms with Crippen LogP contribution >= 0.6 is 0 Å². The lowest BCUT2D eigenvalue weighted by molar-refractivity contribution is 0.477. The van der Waals surface area contributed by atoms with E-state index in [-0.39, 0.29) is 0 Å². The zero-order chi connectivity index (χ0) is 61.8. The van der Waals surface area contributed by atoms with Gasteiger partial charge in [-0.15, -0.1) is 0 Å². The largest absolute Gasteiger partial charge is 0.453 e. The quantitative estimate of drug-likeness (QED) is 0.127. The normalized spacial score (nSPS) is 12.4. The Labute approximate surface area is 542 Å². The number of para-hydroxylation sites is 10. The van der Waals surface area contributed by atoms with Gasteiger partial charge in [0.05, 0.1) is 44.8 Å². The van der Waals surface area contributed by atoms with Crippen molar-refractivity contribution >= 4 is 133 Å². The van der Waals surface area contributed by atoms with Crippen molar-refractivity contribution in [3.8, 4) is 34.4 Å². The van der Waals surface area contributed by atoms with Crippen molar-refractivity contribution in [2.24, 2.45) is 0 Å². The van der Waals surface area contributed by atoms with Crippen LogP contribution in [-0.2, 0) is 0 Å². The zero-order valence-corrected chi connectivity index (χ0v) is 50.8. The number of anilines is 12. The van der Waals surface area contributed by atoms with Gasteiger partial charge >= 0.3 is 0 Å². The lowest BCUT2D eigenvalue weighted by Gasteiger charge is -2.33. The number of hydrogen-bond donors (Lipinski definition) is 0. The molecule has 0 amide bonds. The molecule has 2 aromatic heterocycles. The predicted molar refractivity (Wildman–Crippen MR) is 389 cm³/mol. The van der Waals surface area contributed by atoms with Crippen LogP contribution in [0.4, 0.5) is 68.2 Å². The molecular weight excluding hydrogens is 1150 g/mol. The predicted octanol–water partition coefficient (Wildman–Crippen LogP) is 24.3. The van der Waals surface area contributed by atoms with Crippen molar-refractivity contribution in [2.45, 2.75) is 0 Å². The highest BCUT2D eigenvalue weighted by molar-refractivity contribution is 6.14. The van der Waals surface area contributed by atoms with Gasteiger partial charge in [0, 0.05) is 78.4 Å². The molecular formula is C86H56N6O2. The second-order valence-corrected chi connectivity index (χ2v) is 24.2. The number of benzene rings is 15. The van der Waals surface area contributed by atoms with Crippen LogP contribution in [0.3, 0.4) is 0 Å². The van der Waals surface area contributed by atoms with Crippen LogP contribution in [0.1, 0.15) is 0 Å². The van der Waals surface area contributed by atoms with E-state index in [4.69, 9.17) is 9.47 Å². The summed E-state index contributed by atoms with van der Waals surface area (Å²) >= 11 is 0. The van der Waals surface area contributed by atoms with Crippen LogP contribution in [0.15, 0.2) is 340 Å². The third kappa shape index (κ3) is 8.61. The Morgan fingerprint density at radius 3 is 0.926 bits per heavy atom. The van der Waals surface area contributed by atoms with Gasteiger partial charge in [-0.05, 0) is 216 Å². The van der Waals surface area contributed by atoms with Gasteiger partial charge in [-0.2, -0.15) is 0 Å². The Balaban J connectivity index is 0.701. The minimum absolute atomic E-state index is 0.800. The molecule has 442 valence electrons. The van der Waals surface area contributed by atoms with E-state index < -0.39 is 0 Å². The number of nitrogens with zero attached hydrogens (tertiary/aromatic N) is 6. The van der Waals surface area contributed by atoms with E-state index in [9.17, 15) is 0 Å². The summed E-state index contributed by atoms with van der Waals surface area (Å²) < 4.78 is 18.6. The molecule has 4 heterocycles. The van der Waals surface area contributed by atoms with Crippen LogP contribution in [0.25, 0.3) is 76.5 Å². The van der Waals surface area contributed by atoms with Gasteiger partial charge in [0.15, 0.2) is 23.0 Å². The van der Waals surface area contributed by atoms with E-state index >= 15 is 0 Å². The second kappa shape index (κ2) is 21.4. The van der Waals surface area contributed by atoms with Gasteiger partial charge in [0.2, 0.25) is 0 Å². The first kappa shape index (κ1) is 53.1. The molecule has 0 atom stereocenters. The molecule has 0 saturated heterocycles. The first-order valence-corrected chi connectivity index (χ1v) is 31.9. The van der Waals surface area contributed by atoms with Crippen LogP contribution in [-0.4, -0.2) is 9.13 Å². The minimum atomic E-state index is 0.800. The summed E-state index contributed by atoms with van der Waals surface area (Å²) in [7, 11) is 0. The van der Waals surface area contributed by atoms with Crippen molar-refractivity contribution < 1.29 is 9.47 Å². The summed E-state index contributed by atoms with van der Waals surface area (Å²) in [6.07, 6.45) is 0. The monoisotopic (exact) mass is 1200 g/mol. The molecule has 94 heavy (non-hydrogen) atoms. The number of fused-ring (bicyclic) bond motifs is 12. The highest BCUT2D eigenvalue weighted by atomic mass is 16.5. The average molecular weight is 1210 g/mol. The molecule has 0 spiro atoms. The fourth-order valence-electron chi connectivity index (χ4n) is 14.5. The summed E-state index contributed by atoms with van der Waals surface area (Å²) in [5, 5.41) is 9.11. The van der Waals surface area contributed by atoms with Crippen LogP contribution in [0, 0.1) is 0 Å². The number of rotatable bonds is 10. The van der Waals surface area contributed by atoms with E-state index in [2.05, 4.69) is 368 Å². The molecule has 2 aliphatic heterocycles. The first-order chi connectivity index (χ1) is 46.6. The van der Waals surface area contributed by atoms with Crippen molar-refractivity contribution in [2.75, 3.05) is 19.6 Å². The standard InChI is InChI=1S/C86H56N6O2/c1-5-21-61(22-6-1)87(62-23-7-2-8-24-62)65-41-45-67(46-42-65)89-75-31-15-13-29-71(75)73-53-85-81(55-79(73)89)91(77-33-17-19-35-83(77)93-85)69-39-37-57-50-60-52-70(40-38-58(60)49-59(57)51-69)92-78-34-18-20-36-84(78)94-86-54-74-72-30-14-16-32-76(72)90(80(74)56-82(86)92)68-47-43-66(44-48-68)88(63-25-9-3-10-26-63)64-27-11-4-12-28-64/h1-56H. The topological polar surface area (TPSA) is 41.3 Å². The first-order valence-electron chi connectivity index (χ1n) is 31.9. The molecule has 8 nitrogen and oxygen atoms in total. The second-order valence-electron chi connectivity index (χ2n) is 24.2. The Kier molecular flexibility index (Phi) is 12.1. The van der Waals surface area contributed by atoms with Crippen molar-refractivity contribution in [1.82, 2.24) is 9.13 Å². The average Bonchev–Trinajstić information content (AvgIpc) is 1.40. The van der Waals surface area contributed by atoms with Gasteiger partial charge in [-0.25, -0.2) is 0 Å².